The minimum Gasteiger partial charge on any atom is -0.480 e. The molecule has 4 heteroatoms. The van der Waals surface area contributed by atoms with Gasteiger partial charge in [0.05, 0.1) is 12.7 Å². The molecular weight excluding hydrogens is 182 g/mol. The number of nitrogens with one attached hydrogen (secondary N) is 1. The van der Waals surface area contributed by atoms with Crippen LogP contribution in [-0.4, -0.2) is 36.9 Å². The molecule has 0 bridgehead atoms. The van der Waals surface area contributed by atoms with Gasteiger partial charge >= 0.3 is 5.97 Å². The third-order valence-corrected chi connectivity index (χ3v) is 2.70. The van der Waals surface area contributed by atoms with Gasteiger partial charge < -0.3 is 15.2 Å². The van der Waals surface area contributed by atoms with Crippen LogP contribution in [-0.2, 0) is 9.53 Å². The SMILES string of the molecule is CN[C@@H](COC1CCCCC1)C(=O)O. The lowest BCUT2D eigenvalue weighted by Gasteiger charge is -2.23. The molecule has 0 aromatic heterocycles. The maximum absolute atomic E-state index is 10.7. The van der Waals surface area contributed by atoms with Gasteiger partial charge in [-0.25, -0.2) is 0 Å². The van der Waals surface area contributed by atoms with E-state index in [2.05, 4.69) is 5.32 Å². The number of hydrogen-bond donors (Lipinski definition) is 2. The summed E-state index contributed by atoms with van der Waals surface area (Å²) in [6.07, 6.45) is 6.14. The number of carboxylic acid groups (broad SMARTS) is 1. The lowest BCUT2D eigenvalue weighted by atomic mass is 9.98. The van der Waals surface area contributed by atoms with Crippen LogP contribution < -0.4 is 5.32 Å². The Morgan fingerprint density at radius 1 is 1.50 bits per heavy atom. The van der Waals surface area contributed by atoms with Gasteiger partial charge in [0.25, 0.3) is 0 Å². The van der Waals surface area contributed by atoms with Gasteiger partial charge in [0.15, 0.2) is 0 Å². The Morgan fingerprint density at radius 2 is 2.14 bits per heavy atom. The van der Waals surface area contributed by atoms with Crippen molar-refractivity contribution in [2.45, 2.75) is 44.2 Å². The Labute approximate surface area is 84.6 Å². The number of carbonyl (C=O) groups is 1. The molecule has 1 aliphatic rings. The number of likely N-dealkylation sites (N-methyl/N-ethyl adjacent to an activating group) is 1. The quantitative estimate of drug-likeness (QED) is 0.697. The molecule has 1 aliphatic carbocycles. The van der Waals surface area contributed by atoms with Crippen LogP contribution in [0.15, 0.2) is 0 Å². The molecule has 2 N–H and O–H groups in total. The summed E-state index contributed by atoms with van der Waals surface area (Å²) in [7, 11) is 1.64. The van der Waals surface area contributed by atoms with Gasteiger partial charge in [-0.3, -0.25) is 4.79 Å². The fourth-order valence-electron chi connectivity index (χ4n) is 1.74. The molecular formula is C10H19NO3. The smallest absolute Gasteiger partial charge is 0.323 e. The van der Waals surface area contributed by atoms with Gasteiger partial charge in [-0.1, -0.05) is 19.3 Å². The Morgan fingerprint density at radius 3 is 2.64 bits per heavy atom. The van der Waals surface area contributed by atoms with Crippen molar-refractivity contribution in [1.82, 2.24) is 5.32 Å². The Balaban J connectivity index is 2.20. The molecule has 1 atom stereocenters. The van der Waals surface area contributed by atoms with Gasteiger partial charge in [0.2, 0.25) is 0 Å². The minimum atomic E-state index is -0.844. The fraction of sp³-hybridized carbons (Fsp3) is 0.900. The van der Waals surface area contributed by atoms with Gasteiger partial charge in [-0.2, -0.15) is 0 Å². The van der Waals surface area contributed by atoms with E-state index in [0.29, 0.717) is 0 Å². The normalized spacial score (nSPS) is 20.6. The molecule has 4 nitrogen and oxygen atoms in total. The second kappa shape index (κ2) is 5.98. The van der Waals surface area contributed by atoms with Crippen LogP contribution >= 0.6 is 0 Å². The van der Waals surface area contributed by atoms with E-state index in [1.54, 1.807) is 7.05 Å². The van der Waals surface area contributed by atoms with E-state index in [9.17, 15) is 4.79 Å². The van der Waals surface area contributed by atoms with E-state index >= 15 is 0 Å². The number of hydrogen-bond acceptors (Lipinski definition) is 3. The van der Waals surface area contributed by atoms with Gasteiger partial charge in [-0.05, 0) is 19.9 Å². The molecule has 0 amide bonds. The van der Waals surface area contributed by atoms with Crippen molar-refractivity contribution < 1.29 is 14.6 Å². The van der Waals surface area contributed by atoms with Gasteiger partial charge in [0, 0.05) is 0 Å². The molecule has 0 aliphatic heterocycles. The van der Waals surface area contributed by atoms with E-state index in [1.807, 2.05) is 0 Å². The summed E-state index contributed by atoms with van der Waals surface area (Å²) in [5.41, 5.74) is 0. The summed E-state index contributed by atoms with van der Waals surface area (Å²) in [5.74, 6) is -0.844. The zero-order chi connectivity index (χ0) is 10.4. The number of aliphatic carboxylic acids is 1. The second-order valence-corrected chi connectivity index (χ2v) is 3.77. The van der Waals surface area contributed by atoms with Gasteiger partial charge in [-0.15, -0.1) is 0 Å². The highest BCUT2D eigenvalue weighted by molar-refractivity contribution is 5.73. The summed E-state index contributed by atoms with van der Waals surface area (Å²) >= 11 is 0. The Bertz CT molecular complexity index is 178. The zero-order valence-electron chi connectivity index (χ0n) is 8.66. The summed E-state index contributed by atoms with van der Waals surface area (Å²) in [4.78, 5) is 10.7. The van der Waals surface area contributed by atoms with Crippen LogP contribution in [0, 0.1) is 0 Å². The molecule has 82 valence electrons. The molecule has 0 unspecified atom stereocenters. The summed E-state index contributed by atoms with van der Waals surface area (Å²) in [6, 6.07) is -0.572. The minimum absolute atomic E-state index is 0.274. The predicted molar refractivity (Wildman–Crippen MR) is 53.3 cm³/mol. The van der Waals surface area contributed by atoms with Crippen LogP contribution in [0.4, 0.5) is 0 Å². The lowest BCUT2D eigenvalue weighted by Crippen LogP contribution is -2.39. The van der Waals surface area contributed by atoms with Crippen LogP contribution in [0.3, 0.4) is 0 Å². The van der Waals surface area contributed by atoms with E-state index < -0.39 is 12.0 Å². The van der Waals surface area contributed by atoms with Crippen molar-refractivity contribution in [2.24, 2.45) is 0 Å². The molecule has 0 saturated heterocycles. The Kier molecular flexibility index (Phi) is 4.90. The topological polar surface area (TPSA) is 58.6 Å². The highest BCUT2D eigenvalue weighted by Crippen LogP contribution is 2.20. The van der Waals surface area contributed by atoms with Crippen LogP contribution in [0.25, 0.3) is 0 Å². The lowest BCUT2D eigenvalue weighted by molar-refractivity contribution is -0.141. The van der Waals surface area contributed by atoms with Crippen molar-refractivity contribution >= 4 is 5.97 Å². The van der Waals surface area contributed by atoms with Crippen LogP contribution in [0.1, 0.15) is 32.1 Å². The molecule has 0 radical (unpaired) electrons. The summed E-state index contributed by atoms with van der Waals surface area (Å²) < 4.78 is 5.55. The first-order chi connectivity index (χ1) is 6.74. The third kappa shape index (κ3) is 3.64. The first-order valence-electron chi connectivity index (χ1n) is 5.25. The third-order valence-electron chi connectivity index (χ3n) is 2.70. The first kappa shape index (κ1) is 11.5. The van der Waals surface area contributed by atoms with Crippen molar-refractivity contribution in [2.75, 3.05) is 13.7 Å². The van der Waals surface area contributed by atoms with Crippen molar-refractivity contribution in [3.05, 3.63) is 0 Å². The van der Waals surface area contributed by atoms with Gasteiger partial charge in [0.1, 0.15) is 6.04 Å². The van der Waals surface area contributed by atoms with E-state index in [1.165, 1.54) is 19.3 Å². The van der Waals surface area contributed by atoms with Crippen molar-refractivity contribution in [1.29, 1.82) is 0 Å². The molecule has 0 spiro atoms. The van der Waals surface area contributed by atoms with E-state index in [4.69, 9.17) is 9.84 Å². The number of rotatable bonds is 5. The van der Waals surface area contributed by atoms with Crippen molar-refractivity contribution in [3.8, 4) is 0 Å². The summed E-state index contributed by atoms with van der Waals surface area (Å²) in [5, 5.41) is 11.5. The highest BCUT2D eigenvalue weighted by Gasteiger charge is 2.19. The molecule has 1 fully saturated rings. The molecule has 0 aromatic rings. The average molecular weight is 201 g/mol. The molecule has 1 saturated carbocycles. The standard InChI is InChI=1S/C10H19NO3/c1-11-9(10(12)13)7-14-8-5-3-2-4-6-8/h8-9,11H,2-7H2,1H3,(H,12,13)/t9-/m0/s1. The fourth-order valence-corrected chi connectivity index (χ4v) is 1.74. The largest absolute Gasteiger partial charge is 0.480 e. The molecule has 1 rings (SSSR count). The zero-order valence-corrected chi connectivity index (χ0v) is 8.66. The Hall–Kier alpha value is -0.610. The first-order valence-corrected chi connectivity index (χ1v) is 5.25. The molecule has 14 heavy (non-hydrogen) atoms. The maximum atomic E-state index is 10.7. The highest BCUT2D eigenvalue weighted by atomic mass is 16.5. The van der Waals surface area contributed by atoms with E-state index in [-0.39, 0.29) is 12.7 Å². The second-order valence-electron chi connectivity index (χ2n) is 3.77. The molecule has 0 aromatic carbocycles. The average Bonchev–Trinajstić information content (AvgIpc) is 2.20. The maximum Gasteiger partial charge on any atom is 0.323 e. The molecule has 0 heterocycles. The van der Waals surface area contributed by atoms with Crippen LogP contribution in [0.2, 0.25) is 0 Å². The van der Waals surface area contributed by atoms with Crippen LogP contribution in [0.5, 0.6) is 0 Å². The van der Waals surface area contributed by atoms with Crippen molar-refractivity contribution in [3.63, 3.8) is 0 Å². The monoisotopic (exact) mass is 201 g/mol. The number of ether oxygens (including phenoxy) is 1. The van der Waals surface area contributed by atoms with E-state index in [0.717, 1.165) is 12.8 Å². The summed E-state index contributed by atoms with van der Waals surface area (Å²) in [6.45, 7) is 0.274. The number of carboxylic acids is 1. The predicted octanol–water partition coefficient (Wildman–Crippen LogP) is 1.01.